The second kappa shape index (κ2) is 12.3. The summed E-state index contributed by atoms with van der Waals surface area (Å²) in [6.45, 7) is 13.3. The highest BCUT2D eigenvalue weighted by Crippen LogP contribution is 2.36. The van der Waals surface area contributed by atoms with Gasteiger partial charge in [-0.1, -0.05) is 24.3 Å². The summed E-state index contributed by atoms with van der Waals surface area (Å²) in [5.74, 6) is 0.443. The van der Waals surface area contributed by atoms with Gasteiger partial charge in [-0.2, -0.15) is 0 Å². The third-order valence-corrected chi connectivity index (χ3v) is 7.06. The Morgan fingerprint density at radius 1 is 1.16 bits per heavy atom. The first kappa shape index (κ1) is 27.5. The van der Waals surface area contributed by atoms with Crippen molar-refractivity contribution in [3.05, 3.63) is 83.5 Å². The van der Waals surface area contributed by atoms with Crippen LogP contribution in [0.25, 0.3) is 6.08 Å². The highest BCUT2D eigenvalue weighted by atomic mass is 19.1. The molecule has 38 heavy (non-hydrogen) atoms. The van der Waals surface area contributed by atoms with E-state index in [2.05, 4.69) is 11.5 Å². The number of amides is 1. The van der Waals surface area contributed by atoms with E-state index < -0.39 is 0 Å². The van der Waals surface area contributed by atoms with Crippen LogP contribution < -0.4 is 14.5 Å². The minimum atomic E-state index is -0.273. The van der Waals surface area contributed by atoms with Crippen LogP contribution in [0.4, 0.5) is 15.8 Å². The number of hydrogen-bond acceptors (Lipinski definition) is 5. The maximum Gasteiger partial charge on any atom is 0.250 e. The van der Waals surface area contributed by atoms with Crippen molar-refractivity contribution < 1.29 is 18.7 Å². The molecule has 0 N–H and O–H groups in total. The lowest BCUT2D eigenvalue weighted by Gasteiger charge is -2.37. The summed E-state index contributed by atoms with van der Waals surface area (Å²) in [6, 6.07) is 10.6. The van der Waals surface area contributed by atoms with Crippen LogP contribution in [0.15, 0.2) is 66.5 Å². The molecule has 0 bridgehead atoms. The summed E-state index contributed by atoms with van der Waals surface area (Å²) < 4.78 is 25.4. The van der Waals surface area contributed by atoms with Crippen LogP contribution in [0, 0.1) is 5.82 Å². The summed E-state index contributed by atoms with van der Waals surface area (Å²) in [4.78, 5) is 19.7. The van der Waals surface area contributed by atoms with Gasteiger partial charge >= 0.3 is 0 Å². The third-order valence-electron chi connectivity index (χ3n) is 7.06. The number of morpholine rings is 1. The molecule has 2 heterocycles. The molecule has 0 radical (unpaired) electrons. The van der Waals surface area contributed by atoms with Crippen molar-refractivity contribution in [2.24, 2.45) is 0 Å². The number of methoxy groups -OCH3 is 1. The van der Waals surface area contributed by atoms with Crippen LogP contribution in [0.2, 0.25) is 0 Å². The number of benzene rings is 2. The Bertz CT molecular complexity index is 1230. The number of allylic oxidation sites excluding steroid dienone is 1. The van der Waals surface area contributed by atoms with Crippen LogP contribution in [-0.2, 0) is 9.53 Å². The molecule has 1 amide bonds. The molecule has 2 saturated heterocycles. The molecule has 2 aliphatic heterocycles. The number of anilines is 2. The first-order chi connectivity index (χ1) is 18.3. The smallest absolute Gasteiger partial charge is 0.250 e. The quantitative estimate of drug-likeness (QED) is 0.383. The molecule has 0 aliphatic carbocycles. The number of nitrogens with zero attached hydrogens (tertiary/aromatic N) is 3. The molecular weight excluding hydrogens is 481 g/mol. The minimum absolute atomic E-state index is 0.0151. The zero-order valence-electron chi connectivity index (χ0n) is 22.9. The van der Waals surface area contributed by atoms with E-state index in [1.807, 2.05) is 67.1 Å². The van der Waals surface area contributed by atoms with Gasteiger partial charge in [0.15, 0.2) is 0 Å². The molecule has 202 valence electrons. The normalized spacial score (nSPS) is 17.8. The van der Waals surface area contributed by atoms with Crippen molar-refractivity contribution >= 4 is 23.4 Å². The van der Waals surface area contributed by atoms with Gasteiger partial charge in [0.1, 0.15) is 11.6 Å². The molecule has 4 rings (SSSR count). The molecule has 0 unspecified atom stereocenters. The first-order valence-corrected chi connectivity index (χ1v) is 13.2. The molecule has 6 nitrogen and oxygen atoms in total. The van der Waals surface area contributed by atoms with E-state index in [4.69, 9.17) is 9.47 Å². The van der Waals surface area contributed by atoms with Gasteiger partial charge in [0.2, 0.25) is 5.91 Å². The van der Waals surface area contributed by atoms with Gasteiger partial charge in [0.05, 0.1) is 32.1 Å². The number of hydrogen-bond donors (Lipinski definition) is 0. The summed E-state index contributed by atoms with van der Waals surface area (Å²) in [6.07, 6.45) is 7.28. The second-order valence-corrected chi connectivity index (χ2v) is 9.98. The van der Waals surface area contributed by atoms with Crippen molar-refractivity contribution in [1.29, 1.82) is 0 Å². The Morgan fingerprint density at radius 3 is 2.61 bits per heavy atom. The maximum absolute atomic E-state index is 14.2. The zero-order chi connectivity index (χ0) is 27.2. The highest BCUT2D eigenvalue weighted by Gasteiger charge is 2.30. The fourth-order valence-electron chi connectivity index (χ4n) is 5.15. The van der Waals surface area contributed by atoms with Crippen LogP contribution in [-0.4, -0.2) is 50.8 Å². The minimum Gasteiger partial charge on any atom is -0.495 e. The zero-order valence-corrected chi connectivity index (χ0v) is 22.9. The first-order valence-electron chi connectivity index (χ1n) is 13.2. The van der Waals surface area contributed by atoms with E-state index in [0.717, 1.165) is 40.1 Å². The molecule has 0 aromatic heterocycles. The predicted molar refractivity (Wildman–Crippen MR) is 152 cm³/mol. The average molecular weight is 520 g/mol. The van der Waals surface area contributed by atoms with Crippen molar-refractivity contribution in [1.82, 2.24) is 4.90 Å². The van der Waals surface area contributed by atoms with Crippen molar-refractivity contribution in [2.45, 2.75) is 39.7 Å². The fraction of sp³-hybridized carbons (Fsp3) is 0.387. The van der Waals surface area contributed by atoms with Crippen LogP contribution in [0.1, 0.15) is 50.8 Å². The van der Waals surface area contributed by atoms with Crippen LogP contribution in [0.3, 0.4) is 0 Å². The monoisotopic (exact) mass is 519 g/mol. The van der Waals surface area contributed by atoms with Gasteiger partial charge in [-0.3, -0.25) is 4.79 Å². The van der Waals surface area contributed by atoms with Gasteiger partial charge in [0.25, 0.3) is 0 Å². The van der Waals surface area contributed by atoms with E-state index in [9.17, 15) is 9.18 Å². The maximum atomic E-state index is 14.2. The van der Waals surface area contributed by atoms with Gasteiger partial charge in [-0.15, -0.1) is 0 Å². The summed E-state index contributed by atoms with van der Waals surface area (Å²) >= 11 is 0. The van der Waals surface area contributed by atoms with Crippen molar-refractivity contribution in [3.8, 4) is 5.75 Å². The SMILES string of the molecule is C=CN(C=C(C)C)c1ccc(/C=C2\CCCN([C@@H](C)c3ccc(F)cc3N3CCOCC3)C2=O)cc1OC. The van der Waals surface area contributed by atoms with Gasteiger partial charge in [0, 0.05) is 43.3 Å². The number of carbonyl (C=O) groups is 1. The fourth-order valence-corrected chi connectivity index (χ4v) is 5.15. The molecule has 0 spiro atoms. The van der Waals surface area contributed by atoms with Gasteiger partial charge < -0.3 is 24.2 Å². The van der Waals surface area contributed by atoms with Crippen LogP contribution in [0.5, 0.6) is 5.75 Å². The van der Waals surface area contributed by atoms with E-state index in [1.54, 1.807) is 19.4 Å². The highest BCUT2D eigenvalue weighted by molar-refractivity contribution is 5.99. The molecule has 2 fully saturated rings. The Kier molecular flexibility index (Phi) is 8.89. The third kappa shape index (κ3) is 6.10. The molecule has 2 aliphatic rings. The topological polar surface area (TPSA) is 45.2 Å². The van der Waals surface area contributed by atoms with E-state index in [1.165, 1.54) is 6.07 Å². The average Bonchev–Trinajstić information content (AvgIpc) is 2.93. The lowest BCUT2D eigenvalue weighted by molar-refractivity contribution is -0.130. The second-order valence-electron chi connectivity index (χ2n) is 9.98. The number of ether oxygens (including phenoxy) is 2. The van der Waals surface area contributed by atoms with Crippen molar-refractivity contribution in [2.75, 3.05) is 49.8 Å². The number of halogens is 1. The van der Waals surface area contributed by atoms with E-state index in [-0.39, 0.29) is 17.8 Å². The Labute approximate surface area is 225 Å². The van der Waals surface area contributed by atoms with Gasteiger partial charge in [-0.05, 0) is 75.1 Å². The Morgan fingerprint density at radius 2 is 1.92 bits per heavy atom. The lowest BCUT2D eigenvalue weighted by Crippen LogP contribution is -2.41. The Hall–Kier alpha value is -3.58. The molecule has 7 heteroatoms. The predicted octanol–water partition coefficient (Wildman–Crippen LogP) is 6.31. The molecule has 2 aromatic rings. The number of likely N-dealkylation sites (tertiary alicyclic amines) is 1. The number of carbonyl (C=O) groups excluding carboxylic acids is 1. The van der Waals surface area contributed by atoms with Gasteiger partial charge in [-0.25, -0.2) is 4.39 Å². The lowest BCUT2D eigenvalue weighted by atomic mass is 9.96. The van der Waals surface area contributed by atoms with Crippen molar-refractivity contribution in [3.63, 3.8) is 0 Å². The largest absolute Gasteiger partial charge is 0.495 e. The van der Waals surface area contributed by atoms with Crippen LogP contribution >= 0.6 is 0 Å². The van der Waals surface area contributed by atoms with E-state index in [0.29, 0.717) is 45.0 Å². The number of rotatable bonds is 8. The molecule has 1 atom stereocenters. The molecule has 0 saturated carbocycles. The summed E-state index contributed by atoms with van der Waals surface area (Å²) in [7, 11) is 1.64. The van der Waals surface area contributed by atoms with E-state index >= 15 is 0 Å². The molecule has 2 aromatic carbocycles. The Balaban J connectivity index is 1.60. The number of piperidine rings is 1. The summed E-state index contributed by atoms with van der Waals surface area (Å²) in [5, 5.41) is 0. The molecular formula is C31H38FN3O3. The summed E-state index contributed by atoms with van der Waals surface area (Å²) in [5.41, 5.74) is 5.48. The standard InChI is InChI=1S/C31H38FN3O3/c1-6-33(21-22(2)3)28-12-9-24(19-30(28)37-5)18-25-8-7-13-35(31(25)36)23(4)27-11-10-26(32)20-29(27)34-14-16-38-17-15-34/h6,9-12,18-21,23H,1,7-8,13-17H2,2-5H3/b25-18+/t23-/m0/s1.